The van der Waals surface area contributed by atoms with Gasteiger partial charge in [-0.15, -0.1) is 0 Å². The minimum Gasteiger partial charge on any atom is -0.394 e. The van der Waals surface area contributed by atoms with Gasteiger partial charge in [-0.3, -0.25) is 4.79 Å². The summed E-state index contributed by atoms with van der Waals surface area (Å²) in [4.78, 5) is 26.9. The van der Waals surface area contributed by atoms with Gasteiger partial charge in [-0.05, 0) is 19.8 Å². The molecular weight excluding hydrogens is 234 g/mol. The highest BCUT2D eigenvalue weighted by Crippen LogP contribution is 2.18. The van der Waals surface area contributed by atoms with Crippen LogP contribution < -0.4 is 5.32 Å². The molecule has 0 saturated carbocycles. The van der Waals surface area contributed by atoms with Gasteiger partial charge in [-0.2, -0.15) is 0 Å². The molecule has 3 amide bonds. The summed E-state index contributed by atoms with van der Waals surface area (Å²) in [6.45, 7) is 2.94. The van der Waals surface area contributed by atoms with Crippen LogP contribution in [0.5, 0.6) is 0 Å². The first-order valence-electron chi connectivity index (χ1n) is 6.33. The Morgan fingerprint density at radius 1 is 1.39 bits per heavy atom. The predicted molar refractivity (Wildman–Crippen MR) is 68.1 cm³/mol. The molecule has 0 spiro atoms. The first kappa shape index (κ1) is 14.8. The molecule has 0 aromatic heterocycles. The van der Waals surface area contributed by atoms with Crippen LogP contribution in [-0.4, -0.2) is 66.7 Å². The molecule has 1 fully saturated rings. The zero-order chi connectivity index (χ0) is 13.7. The van der Waals surface area contributed by atoms with E-state index in [9.17, 15) is 9.59 Å². The van der Waals surface area contributed by atoms with E-state index in [-0.39, 0.29) is 30.5 Å². The number of amides is 3. The van der Waals surface area contributed by atoms with Crippen molar-refractivity contribution in [2.45, 2.75) is 25.8 Å². The van der Waals surface area contributed by atoms with Gasteiger partial charge in [0, 0.05) is 39.1 Å². The zero-order valence-corrected chi connectivity index (χ0v) is 11.3. The number of carbonyl (C=O) groups excluding carboxylic acids is 2. The molecule has 18 heavy (non-hydrogen) atoms. The first-order valence-corrected chi connectivity index (χ1v) is 6.33. The van der Waals surface area contributed by atoms with Gasteiger partial charge in [0.2, 0.25) is 5.91 Å². The quantitative estimate of drug-likeness (QED) is 0.740. The number of likely N-dealkylation sites (tertiary alicyclic amines) is 1. The Morgan fingerprint density at radius 3 is 2.39 bits per heavy atom. The largest absolute Gasteiger partial charge is 0.394 e. The van der Waals surface area contributed by atoms with Gasteiger partial charge in [0.15, 0.2) is 0 Å². The molecule has 2 N–H and O–H groups in total. The third kappa shape index (κ3) is 3.87. The standard InChI is InChI=1S/C12H23N3O3/c1-9(8-16)13-11(17)10-4-6-15(7-5-10)12(18)14(2)3/h9-10,16H,4-8H2,1-3H3,(H,13,17)/t9-/m1/s1. The van der Waals surface area contributed by atoms with Gasteiger partial charge in [-0.25, -0.2) is 4.79 Å². The Bertz CT molecular complexity index is 299. The van der Waals surface area contributed by atoms with E-state index >= 15 is 0 Å². The van der Waals surface area contributed by atoms with Crippen molar-refractivity contribution in [3.8, 4) is 0 Å². The van der Waals surface area contributed by atoms with E-state index in [1.807, 2.05) is 0 Å². The molecule has 6 heteroatoms. The topological polar surface area (TPSA) is 72.9 Å². The lowest BCUT2D eigenvalue weighted by molar-refractivity contribution is -0.127. The highest BCUT2D eigenvalue weighted by atomic mass is 16.3. The molecule has 1 aliphatic rings. The van der Waals surface area contributed by atoms with Crippen LogP contribution in [0.3, 0.4) is 0 Å². The summed E-state index contributed by atoms with van der Waals surface area (Å²) in [6, 6.07) is -0.212. The van der Waals surface area contributed by atoms with E-state index in [4.69, 9.17) is 5.11 Å². The molecule has 0 aromatic carbocycles. The van der Waals surface area contributed by atoms with Crippen molar-refractivity contribution < 1.29 is 14.7 Å². The zero-order valence-electron chi connectivity index (χ0n) is 11.3. The Labute approximate surface area is 108 Å². The molecule has 1 atom stereocenters. The summed E-state index contributed by atoms with van der Waals surface area (Å²) in [6.07, 6.45) is 1.37. The molecule has 0 radical (unpaired) electrons. The summed E-state index contributed by atoms with van der Waals surface area (Å²) < 4.78 is 0. The second-order valence-corrected chi connectivity index (χ2v) is 5.03. The maximum absolute atomic E-state index is 11.8. The Balaban J connectivity index is 2.39. The minimum absolute atomic E-state index is 0.00224. The van der Waals surface area contributed by atoms with Crippen LogP contribution in [0.1, 0.15) is 19.8 Å². The maximum Gasteiger partial charge on any atom is 0.319 e. The van der Waals surface area contributed by atoms with E-state index in [0.717, 1.165) is 0 Å². The molecule has 0 unspecified atom stereocenters. The monoisotopic (exact) mass is 257 g/mol. The number of urea groups is 1. The molecule has 0 aromatic rings. The number of hydrogen-bond donors (Lipinski definition) is 2. The highest BCUT2D eigenvalue weighted by molar-refractivity contribution is 5.79. The van der Waals surface area contributed by atoms with Gasteiger partial charge in [-0.1, -0.05) is 0 Å². The lowest BCUT2D eigenvalue weighted by Gasteiger charge is -2.33. The van der Waals surface area contributed by atoms with Crippen molar-refractivity contribution in [3.05, 3.63) is 0 Å². The van der Waals surface area contributed by atoms with E-state index < -0.39 is 0 Å². The van der Waals surface area contributed by atoms with Crippen molar-refractivity contribution >= 4 is 11.9 Å². The smallest absolute Gasteiger partial charge is 0.319 e. The molecule has 1 heterocycles. The molecule has 1 aliphatic heterocycles. The van der Waals surface area contributed by atoms with E-state index in [1.165, 1.54) is 0 Å². The van der Waals surface area contributed by atoms with Gasteiger partial charge in [0.1, 0.15) is 0 Å². The number of rotatable bonds is 3. The average molecular weight is 257 g/mol. The van der Waals surface area contributed by atoms with Crippen molar-refractivity contribution in [1.82, 2.24) is 15.1 Å². The van der Waals surface area contributed by atoms with Crippen molar-refractivity contribution in [1.29, 1.82) is 0 Å². The molecular formula is C12H23N3O3. The summed E-state index contributed by atoms with van der Waals surface area (Å²) in [5.41, 5.74) is 0. The molecule has 1 saturated heterocycles. The molecule has 104 valence electrons. The van der Waals surface area contributed by atoms with Gasteiger partial charge in [0.25, 0.3) is 0 Å². The van der Waals surface area contributed by atoms with Gasteiger partial charge >= 0.3 is 6.03 Å². The number of piperidine rings is 1. The van der Waals surface area contributed by atoms with Crippen LogP contribution >= 0.6 is 0 Å². The molecule has 0 aliphatic carbocycles. The third-order valence-corrected chi connectivity index (χ3v) is 3.18. The number of hydrogen-bond acceptors (Lipinski definition) is 3. The fourth-order valence-electron chi connectivity index (χ4n) is 2.02. The van der Waals surface area contributed by atoms with Crippen LogP contribution in [0.25, 0.3) is 0 Å². The Kier molecular flexibility index (Phi) is 5.40. The number of aliphatic hydroxyl groups is 1. The van der Waals surface area contributed by atoms with Crippen LogP contribution in [0.2, 0.25) is 0 Å². The minimum atomic E-state index is -0.209. The van der Waals surface area contributed by atoms with E-state index in [0.29, 0.717) is 25.9 Å². The van der Waals surface area contributed by atoms with E-state index in [2.05, 4.69) is 5.32 Å². The first-order chi connectivity index (χ1) is 8.45. The fourth-order valence-corrected chi connectivity index (χ4v) is 2.02. The predicted octanol–water partition coefficient (Wildman–Crippen LogP) is -0.123. The molecule has 0 bridgehead atoms. The van der Waals surface area contributed by atoms with Crippen LogP contribution in [-0.2, 0) is 4.79 Å². The molecule has 6 nitrogen and oxygen atoms in total. The summed E-state index contributed by atoms with van der Waals surface area (Å²) in [7, 11) is 3.45. The second kappa shape index (κ2) is 6.58. The number of aliphatic hydroxyl groups excluding tert-OH is 1. The van der Waals surface area contributed by atoms with Crippen molar-refractivity contribution in [2.75, 3.05) is 33.8 Å². The second-order valence-electron chi connectivity index (χ2n) is 5.03. The number of nitrogens with one attached hydrogen (secondary N) is 1. The van der Waals surface area contributed by atoms with Crippen LogP contribution in [0.15, 0.2) is 0 Å². The summed E-state index contributed by atoms with van der Waals surface area (Å²) >= 11 is 0. The Morgan fingerprint density at radius 2 is 1.94 bits per heavy atom. The SMILES string of the molecule is C[C@H](CO)NC(=O)C1CCN(C(=O)N(C)C)CC1. The molecule has 1 rings (SSSR count). The Hall–Kier alpha value is -1.30. The highest BCUT2D eigenvalue weighted by Gasteiger charge is 2.28. The van der Waals surface area contributed by atoms with Crippen molar-refractivity contribution in [2.24, 2.45) is 5.92 Å². The normalized spacial score (nSPS) is 18.3. The lowest BCUT2D eigenvalue weighted by Crippen LogP contribution is -2.47. The fraction of sp³-hybridized carbons (Fsp3) is 0.833. The maximum atomic E-state index is 11.8. The summed E-state index contributed by atoms with van der Waals surface area (Å²) in [5.74, 6) is -0.0706. The van der Waals surface area contributed by atoms with E-state index in [1.54, 1.807) is 30.8 Å². The third-order valence-electron chi connectivity index (χ3n) is 3.18. The van der Waals surface area contributed by atoms with Crippen molar-refractivity contribution in [3.63, 3.8) is 0 Å². The average Bonchev–Trinajstić information content (AvgIpc) is 2.37. The number of nitrogens with zero attached hydrogens (tertiary/aromatic N) is 2. The van der Waals surface area contributed by atoms with Crippen LogP contribution in [0, 0.1) is 5.92 Å². The summed E-state index contributed by atoms with van der Waals surface area (Å²) in [5, 5.41) is 11.6. The number of carbonyl (C=O) groups is 2. The van der Waals surface area contributed by atoms with Gasteiger partial charge in [0.05, 0.1) is 6.61 Å². The van der Waals surface area contributed by atoms with Gasteiger partial charge < -0.3 is 20.2 Å². The van der Waals surface area contributed by atoms with Crippen LogP contribution in [0.4, 0.5) is 4.79 Å². The lowest BCUT2D eigenvalue weighted by atomic mass is 9.96.